The number of nitrogens with zero attached hydrogens (tertiary/aromatic N) is 1. The standard InChI is InChI=1S/C10H16N2O2S/c1-2-9-12-7-4-14-8(10(11)13)3-6(7)5-15-9/h6-8H,2-5H2,1H3,(H2,11,13). The molecule has 0 aromatic carbocycles. The molecular weight excluding hydrogens is 212 g/mol. The molecule has 0 aliphatic carbocycles. The van der Waals surface area contributed by atoms with Gasteiger partial charge in [0.1, 0.15) is 6.10 Å². The lowest BCUT2D eigenvalue weighted by Crippen LogP contribution is -2.45. The number of aliphatic imine (C=N–C) groups is 1. The molecule has 3 unspecified atom stereocenters. The van der Waals surface area contributed by atoms with Gasteiger partial charge in [-0.05, 0) is 18.8 Å². The Morgan fingerprint density at radius 1 is 1.73 bits per heavy atom. The molecule has 1 amide bonds. The van der Waals surface area contributed by atoms with Crippen LogP contribution in [0.25, 0.3) is 0 Å². The number of primary amides is 1. The molecule has 84 valence electrons. The van der Waals surface area contributed by atoms with Gasteiger partial charge in [-0.3, -0.25) is 9.79 Å². The number of amides is 1. The van der Waals surface area contributed by atoms with E-state index in [2.05, 4.69) is 11.9 Å². The van der Waals surface area contributed by atoms with Gasteiger partial charge in [-0.1, -0.05) is 6.92 Å². The van der Waals surface area contributed by atoms with Crippen molar-refractivity contribution < 1.29 is 9.53 Å². The SMILES string of the molecule is CCC1=NC2COC(C(N)=O)CC2CS1. The quantitative estimate of drug-likeness (QED) is 0.760. The fourth-order valence-electron chi connectivity index (χ4n) is 1.99. The molecule has 3 atom stereocenters. The molecule has 15 heavy (non-hydrogen) atoms. The second-order valence-electron chi connectivity index (χ2n) is 3.97. The predicted octanol–water partition coefficient (Wildman–Crippen LogP) is 0.801. The Balaban J connectivity index is 2.01. The highest BCUT2D eigenvalue weighted by Crippen LogP contribution is 2.32. The van der Waals surface area contributed by atoms with E-state index >= 15 is 0 Å². The summed E-state index contributed by atoms with van der Waals surface area (Å²) in [6.07, 6.45) is 1.32. The summed E-state index contributed by atoms with van der Waals surface area (Å²) >= 11 is 1.80. The molecule has 4 nitrogen and oxygen atoms in total. The van der Waals surface area contributed by atoms with Gasteiger partial charge >= 0.3 is 0 Å². The van der Waals surface area contributed by atoms with Crippen LogP contribution in [0.1, 0.15) is 19.8 Å². The molecule has 2 aliphatic heterocycles. The molecule has 0 bridgehead atoms. The number of rotatable bonds is 2. The Hall–Kier alpha value is -0.550. The van der Waals surface area contributed by atoms with E-state index < -0.39 is 6.10 Å². The summed E-state index contributed by atoms with van der Waals surface area (Å²) in [7, 11) is 0. The molecule has 0 radical (unpaired) electrons. The van der Waals surface area contributed by atoms with Crippen molar-refractivity contribution in [2.24, 2.45) is 16.6 Å². The summed E-state index contributed by atoms with van der Waals surface area (Å²) < 4.78 is 5.41. The first-order valence-electron chi connectivity index (χ1n) is 5.31. The van der Waals surface area contributed by atoms with Crippen LogP contribution >= 0.6 is 11.8 Å². The van der Waals surface area contributed by atoms with Crippen molar-refractivity contribution in [3.63, 3.8) is 0 Å². The van der Waals surface area contributed by atoms with Gasteiger partial charge in [-0.2, -0.15) is 0 Å². The summed E-state index contributed by atoms with van der Waals surface area (Å²) in [4.78, 5) is 15.6. The lowest BCUT2D eigenvalue weighted by atomic mass is 9.92. The number of fused-ring (bicyclic) bond motifs is 1. The summed E-state index contributed by atoms with van der Waals surface area (Å²) in [5.74, 6) is 1.16. The third-order valence-electron chi connectivity index (χ3n) is 2.92. The van der Waals surface area contributed by atoms with Crippen LogP contribution in [0.5, 0.6) is 0 Å². The van der Waals surface area contributed by atoms with Gasteiger partial charge in [0, 0.05) is 5.75 Å². The Labute approximate surface area is 93.6 Å². The van der Waals surface area contributed by atoms with Crippen molar-refractivity contribution in [1.82, 2.24) is 0 Å². The zero-order valence-electron chi connectivity index (χ0n) is 8.81. The van der Waals surface area contributed by atoms with Crippen LogP contribution < -0.4 is 5.73 Å². The average molecular weight is 228 g/mol. The fourth-order valence-corrected chi connectivity index (χ4v) is 3.17. The van der Waals surface area contributed by atoms with Gasteiger partial charge < -0.3 is 10.5 Å². The molecule has 2 aliphatic rings. The Morgan fingerprint density at radius 2 is 2.53 bits per heavy atom. The lowest BCUT2D eigenvalue weighted by Gasteiger charge is -2.35. The highest BCUT2D eigenvalue weighted by atomic mass is 32.2. The number of thioether (sulfide) groups is 1. The van der Waals surface area contributed by atoms with E-state index in [1.54, 1.807) is 11.8 Å². The minimum absolute atomic E-state index is 0.247. The molecule has 0 aromatic heterocycles. The number of hydrogen-bond acceptors (Lipinski definition) is 4. The number of ether oxygens (including phenoxy) is 1. The second kappa shape index (κ2) is 4.53. The monoisotopic (exact) mass is 228 g/mol. The Bertz CT molecular complexity index is 293. The molecule has 1 fully saturated rings. The molecule has 2 heterocycles. The van der Waals surface area contributed by atoms with E-state index in [1.807, 2.05) is 0 Å². The van der Waals surface area contributed by atoms with Crippen LogP contribution in [0.3, 0.4) is 0 Å². The van der Waals surface area contributed by atoms with Gasteiger partial charge in [-0.15, -0.1) is 11.8 Å². The molecule has 5 heteroatoms. The van der Waals surface area contributed by atoms with Crippen LogP contribution in [-0.4, -0.2) is 35.5 Å². The van der Waals surface area contributed by atoms with E-state index in [9.17, 15) is 4.79 Å². The summed E-state index contributed by atoms with van der Waals surface area (Å²) in [5, 5.41) is 1.21. The van der Waals surface area contributed by atoms with Crippen LogP contribution in [0, 0.1) is 5.92 Å². The highest BCUT2D eigenvalue weighted by Gasteiger charge is 2.35. The second-order valence-corrected chi connectivity index (χ2v) is 5.07. The fraction of sp³-hybridized carbons (Fsp3) is 0.800. The molecule has 2 N–H and O–H groups in total. The highest BCUT2D eigenvalue weighted by molar-refractivity contribution is 8.14. The molecular formula is C10H16N2O2S. The van der Waals surface area contributed by atoms with Crippen LogP contribution in [-0.2, 0) is 9.53 Å². The molecule has 0 aromatic rings. The summed E-state index contributed by atoms with van der Waals surface area (Å²) in [6, 6.07) is 0.247. The number of nitrogens with two attached hydrogens (primary N) is 1. The van der Waals surface area contributed by atoms with E-state index in [-0.39, 0.29) is 11.9 Å². The normalized spacial score (nSPS) is 35.5. The van der Waals surface area contributed by atoms with Crippen LogP contribution in [0.4, 0.5) is 0 Å². The predicted molar refractivity (Wildman–Crippen MR) is 61.0 cm³/mol. The molecule has 2 rings (SSSR count). The van der Waals surface area contributed by atoms with Crippen molar-refractivity contribution in [3.8, 4) is 0 Å². The Morgan fingerprint density at radius 3 is 3.20 bits per heavy atom. The number of hydrogen-bond donors (Lipinski definition) is 1. The molecule has 0 saturated carbocycles. The first-order chi connectivity index (χ1) is 7.20. The van der Waals surface area contributed by atoms with Crippen molar-refractivity contribution >= 4 is 22.7 Å². The van der Waals surface area contributed by atoms with E-state index in [1.165, 1.54) is 5.04 Å². The minimum atomic E-state index is -0.398. The van der Waals surface area contributed by atoms with Crippen molar-refractivity contribution in [3.05, 3.63) is 0 Å². The summed E-state index contributed by atoms with van der Waals surface area (Å²) in [6.45, 7) is 2.66. The van der Waals surface area contributed by atoms with Gasteiger partial charge in [0.2, 0.25) is 5.91 Å². The maximum absolute atomic E-state index is 11.0. The third-order valence-corrected chi connectivity index (χ3v) is 4.24. The van der Waals surface area contributed by atoms with Crippen molar-refractivity contribution in [1.29, 1.82) is 0 Å². The number of carbonyl (C=O) groups excluding carboxylic acids is 1. The van der Waals surface area contributed by atoms with E-state index in [0.29, 0.717) is 12.5 Å². The molecule has 1 saturated heterocycles. The average Bonchev–Trinajstić information content (AvgIpc) is 2.27. The number of carbonyl (C=O) groups is 1. The van der Waals surface area contributed by atoms with Gasteiger partial charge in [-0.25, -0.2) is 0 Å². The zero-order chi connectivity index (χ0) is 10.8. The topological polar surface area (TPSA) is 64.7 Å². The lowest BCUT2D eigenvalue weighted by molar-refractivity contribution is -0.134. The van der Waals surface area contributed by atoms with Gasteiger partial charge in [0.15, 0.2) is 0 Å². The Kier molecular flexibility index (Phi) is 3.31. The van der Waals surface area contributed by atoms with Crippen LogP contribution in [0.15, 0.2) is 4.99 Å². The first-order valence-corrected chi connectivity index (χ1v) is 6.29. The van der Waals surface area contributed by atoms with Crippen LogP contribution in [0.2, 0.25) is 0 Å². The van der Waals surface area contributed by atoms with Gasteiger partial charge in [0.25, 0.3) is 0 Å². The first kappa shape index (κ1) is 11.0. The minimum Gasteiger partial charge on any atom is -0.367 e. The van der Waals surface area contributed by atoms with E-state index in [4.69, 9.17) is 10.5 Å². The molecule has 0 spiro atoms. The third kappa shape index (κ3) is 2.34. The zero-order valence-corrected chi connectivity index (χ0v) is 9.63. The van der Waals surface area contributed by atoms with Crippen molar-refractivity contribution in [2.75, 3.05) is 12.4 Å². The van der Waals surface area contributed by atoms with Crippen molar-refractivity contribution in [2.45, 2.75) is 31.9 Å². The van der Waals surface area contributed by atoms with Gasteiger partial charge in [0.05, 0.1) is 17.7 Å². The maximum atomic E-state index is 11.0. The largest absolute Gasteiger partial charge is 0.367 e. The van der Waals surface area contributed by atoms with E-state index in [0.717, 1.165) is 18.6 Å². The smallest absolute Gasteiger partial charge is 0.246 e. The maximum Gasteiger partial charge on any atom is 0.246 e. The summed E-state index contributed by atoms with van der Waals surface area (Å²) in [5.41, 5.74) is 5.24.